The highest BCUT2D eigenvalue weighted by molar-refractivity contribution is 7.11. The first kappa shape index (κ1) is 11.9. The van der Waals surface area contributed by atoms with Crippen LogP contribution in [0.1, 0.15) is 24.1 Å². The maximum atomic E-state index is 11.1. The fourth-order valence-corrected chi connectivity index (χ4v) is 2.71. The SMILES string of the molecule is COC(=O)CCCCc1scc2[nH]c(=O)[nH]c12. The summed E-state index contributed by atoms with van der Waals surface area (Å²) in [4.78, 5) is 28.7. The number of imidazole rings is 1. The molecule has 0 spiro atoms. The molecular formula is C11H14N2O3S. The van der Waals surface area contributed by atoms with Gasteiger partial charge < -0.3 is 14.7 Å². The Bertz CT molecular complexity index is 567. The number of hydrogen-bond donors (Lipinski definition) is 2. The molecule has 2 aromatic rings. The van der Waals surface area contributed by atoms with Crippen molar-refractivity contribution in [2.45, 2.75) is 25.7 Å². The molecule has 0 radical (unpaired) electrons. The Hall–Kier alpha value is -1.56. The highest BCUT2D eigenvalue weighted by atomic mass is 32.1. The Morgan fingerprint density at radius 3 is 3.00 bits per heavy atom. The van der Waals surface area contributed by atoms with E-state index in [2.05, 4.69) is 14.7 Å². The third-order valence-corrected chi connectivity index (χ3v) is 3.66. The topological polar surface area (TPSA) is 75.0 Å². The second-order valence-electron chi connectivity index (χ2n) is 3.81. The largest absolute Gasteiger partial charge is 0.469 e. The third kappa shape index (κ3) is 2.76. The van der Waals surface area contributed by atoms with E-state index in [9.17, 15) is 9.59 Å². The number of carbonyl (C=O) groups excluding carboxylic acids is 1. The normalized spacial score (nSPS) is 10.9. The van der Waals surface area contributed by atoms with Crippen LogP contribution in [0, 0.1) is 0 Å². The van der Waals surface area contributed by atoms with Gasteiger partial charge in [0.05, 0.1) is 18.1 Å². The van der Waals surface area contributed by atoms with Crippen molar-refractivity contribution in [1.82, 2.24) is 9.97 Å². The second kappa shape index (κ2) is 5.18. The number of fused-ring (bicyclic) bond motifs is 1. The van der Waals surface area contributed by atoms with Gasteiger partial charge in [-0.25, -0.2) is 4.79 Å². The van der Waals surface area contributed by atoms with E-state index in [-0.39, 0.29) is 11.7 Å². The van der Waals surface area contributed by atoms with Gasteiger partial charge in [0.15, 0.2) is 0 Å². The molecular weight excluding hydrogens is 240 g/mol. The van der Waals surface area contributed by atoms with Crippen molar-refractivity contribution in [2.24, 2.45) is 0 Å². The molecule has 6 heteroatoms. The average molecular weight is 254 g/mol. The molecule has 0 saturated carbocycles. The Balaban J connectivity index is 1.90. The second-order valence-corrected chi connectivity index (χ2v) is 4.77. The van der Waals surface area contributed by atoms with Gasteiger partial charge in [0, 0.05) is 16.7 Å². The first-order valence-corrected chi connectivity index (χ1v) is 6.34. The van der Waals surface area contributed by atoms with Crippen molar-refractivity contribution in [1.29, 1.82) is 0 Å². The van der Waals surface area contributed by atoms with E-state index in [1.54, 1.807) is 11.3 Å². The lowest BCUT2D eigenvalue weighted by Crippen LogP contribution is -2.00. The van der Waals surface area contributed by atoms with Gasteiger partial charge in [0.1, 0.15) is 0 Å². The minimum Gasteiger partial charge on any atom is -0.469 e. The van der Waals surface area contributed by atoms with E-state index >= 15 is 0 Å². The first-order chi connectivity index (χ1) is 8.20. The van der Waals surface area contributed by atoms with Gasteiger partial charge in [-0.2, -0.15) is 0 Å². The van der Waals surface area contributed by atoms with Crippen molar-refractivity contribution in [3.63, 3.8) is 0 Å². The molecule has 17 heavy (non-hydrogen) atoms. The number of esters is 1. The molecule has 0 bridgehead atoms. The van der Waals surface area contributed by atoms with Crippen LogP contribution in [0.3, 0.4) is 0 Å². The molecule has 0 aliphatic rings. The summed E-state index contributed by atoms with van der Waals surface area (Å²) in [6.45, 7) is 0. The number of aryl methyl sites for hydroxylation is 1. The molecule has 0 saturated heterocycles. The summed E-state index contributed by atoms with van der Waals surface area (Å²) in [5.41, 5.74) is 1.60. The number of aromatic amines is 2. The van der Waals surface area contributed by atoms with Gasteiger partial charge in [-0.3, -0.25) is 4.79 Å². The lowest BCUT2D eigenvalue weighted by Gasteiger charge is -1.98. The van der Waals surface area contributed by atoms with E-state index in [0.717, 1.165) is 35.2 Å². The van der Waals surface area contributed by atoms with Crippen LogP contribution in [0.4, 0.5) is 0 Å². The minimum absolute atomic E-state index is 0.168. The number of carbonyl (C=O) groups is 1. The Kier molecular flexibility index (Phi) is 3.63. The number of methoxy groups -OCH3 is 1. The highest BCUT2D eigenvalue weighted by Gasteiger charge is 2.07. The maximum Gasteiger partial charge on any atom is 0.323 e. The van der Waals surface area contributed by atoms with E-state index in [4.69, 9.17) is 0 Å². The van der Waals surface area contributed by atoms with Crippen LogP contribution in [-0.2, 0) is 16.0 Å². The molecule has 0 aliphatic carbocycles. The average Bonchev–Trinajstić information content (AvgIpc) is 2.84. The number of aromatic nitrogens is 2. The predicted molar refractivity (Wildman–Crippen MR) is 66.4 cm³/mol. The van der Waals surface area contributed by atoms with Crippen molar-refractivity contribution >= 4 is 28.3 Å². The zero-order chi connectivity index (χ0) is 12.3. The summed E-state index contributed by atoms with van der Waals surface area (Å²) in [6.07, 6.45) is 3.05. The molecule has 2 heterocycles. The fourth-order valence-electron chi connectivity index (χ4n) is 1.74. The molecule has 0 fully saturated rings. The zero-order valence-corrected chi connectivity index (χ0v) is 10.4. The number of unbranched alkanes of at least 4 members (excludes halogenated alkanes) is 1. The van der Waals surface area contributed by atoms with Gasteiger partial charge in [0.2, 0.25) is 0 Å². The van der Waals surface area contributed by atoms with Crippen LogP contribution < -0.4 is 5.69 Å². The van der Waals surface area contributed by atoms with Crippen LogP contribution in [-0.4, -0.2) is 23.0 Å². The number of H-pyrrole nitrogens is 2. The summed E-state index contributed by atoms with van der Waals surface area (Å²) in [5.74, 6) is -0.170. The van der Waals surface area contributed by atoms with Crippen LogP contribution in [0.15, 0.2) is 10.2 Å². The molecule has 92 valence electrons. The summed E-state index contributed by atoms with van der Waals surface area (Å²) in [6, 6.07) is 0. The monoisotopic (exact) mass is 254 g/mol. The molecule has 5 nitrogen and oxygen atoms in total. The van der Waals surface area contributed by atoms with Crippen LogP contribution in [0.2, 0.25) is 0 Å². The number of ether oxygens (including phenoxy) is 1. The Morgan fingerprint density at radius 1 is 1.41 bits per heavy atom. The van der Waals surface area contributed by atoms with E-state index in [1.807, 2.05) is 5.38 Å². The Labute approximate surface area is 102 Å². The van der Waals surface area contributed by atoms with Crippen LogP contribution in [0.5, 0.6) is 0 Å². The number of nitrogens with one attached hydrogen (secondary N) is 2. The lowest BCUT2D eigenvalue weighted by atomic mass is 10.1. The summed E-state index contributed by atoms with van der Waals surface area (Å²) in [7, 11) is 1.40. The molecule has 0 aliphatic heterocycles. The third-order valence-electron chi connectivity index (χ3n) is 2.62. The first-order valence-electron chi connectivity index (χ1n) is 5.46. The quantitative estimate of drug-likeness (QED) is 0.631. The predicted octanol–water partition coefficient (Wildman–Crippen LogP) is 1.80. The fraction of sp³-hybridized carbons (Fsp3) is 0.455. The van der Waals surface area contributed by atoms with Gasteiger partial charge in [-0.15, -0.1) is 11.3 Å². The minimum atomic E-state index is -0.170. The summed E-state index contributed by atoms with van der Waals surface area (Å²) >= 11 is 1.63. The molecule has 0 unspecified atom stereocenters. The van der Waals surface area contributed by atoms with Crippen LogP contribution in [0.25, 0.3) is 11.0 Å². The molecule has 0 aromatic carbocycles. The molecule has 2 rings (SSSR count). The standard InChI is InChI=1S/C11H14N2O3S/c1-16-9(14)5-3-2-4-8-10-7(6-17-8)12-11(15)13-10/h6H,2-5H2,1H3,(H2,12,13,15). The number of rotatable bonds is 5. The van der Waals surface area contributed by atoms with Crippen molar-refractivity contribution in [3.8, 4) is 0 Å². The molecule has 0 atom stereocenters. The maximum absolute atomic E-state index is 11.1. The van der Waals surface area contributed by atoms with Crippen molar-refractivity contribution in [2.75, 3.05) is 7.11 Å². The smallest absolute Gasteiger partial charge is 0.323 e. The van der Waals surface area contributed by atoms with Crippen LogP contribution >= 0.6 is 11.3 Å². The van der Waals surface area contributed by atoms with Gasteiger partial charge in [-0.05, 0) is 19.3 Å². The molecule has 2 aromatic heterocycles. The van der Waals surface area contributed by atoms with Gasteiger partial charge >= 0.3 is 11.7 Å². The number of hydrogen-bond acceptors (Lipinski definition) is 4. The van der Waals surface area contributed by atoms with Crippen molar-refractivity contribution in [3.05, 3.63) is 20.7 Å². The number of thiophene rings is 1. The summed E-state index contributed by atoms with van der Waals surface area (Å²) in [5, 5.41) is 1.93. The zero-order valence-electron chi connectivity index (χ0n) is 9.54. The van der Waals surface area contributed by atoms with E-state index in [1.165, 1.54) is 7.11 Å². The molecule has 0 amide bonds. The van der Waals surface area contributed by atoms with Gasteiger partial charge in [-0.1, -0.05) is 0 Å². The summed E-state index contributed by atoms with van der Waals surface area (Å²) < 4.78 is 4.57. The van der Waals surface area contributed by atoms with E-state index in [0.29, 0.717) is 6.42 Å². The van der Waals surface area contributed by atoms with Crippen molar-refractivity contribution < 1.29 is 9.53 Å². The lowest BCUT2D eigenvalue weighted by molar-refractivity contribution is -0.140. The van der Waals surface area contributed by atoms with Gasteiger partial charge in [0.25, 0.3) is 0 Å². The molecule has 2 N–H and O–H groups in total. The van der Waals surface area contributed by atoms with E-state index < -0.39 is 0 Å². The Morgan fingerprint density at radius 2 is 2.24 bits per heavy atom. The highest BCUT2D eigenvalue weighted by Crippen LogP contribution is 2.23.